The molecule has 15 heavy (non-hydrogen) atoms. The number of carbonyl (C=O) groups excluding carboxylic acids is 2. The normalized spacial score (nSPS) is 20.1. The molecular weight excluding hydrogens is 264 g/mol. The highest BCUT2D eigenvalue weighted by molar-refractivity contribution is 9.09. The maximum absolute atomic E-state index is 11.5. The van der Waals surface area contributed by atoms with Gasteiger partial charge in [0.1, 0.15) is 0 Å². The second-order valence-electron chi connectivity index (χ2n) is 3.40. The largest absolute Gasteiger partial charge is 0.453 e. The SMILES string of the molecule is COC(=O)NC1CCN(C(=O)CCBr)C1. The molecule has 0 aromatic heterocycles. The molecule has 1 unspecified atom stereocenters. The minimum atomic E-state index is -0.435. The molecule has 5 nitrogen and oxygen atoms in total. The first kappa shape index (κ1) is 12.3. The fourth-order valence-corrected chi connectivity index (χ4v) is 1.91. The smallest absolute Gasteiger partial charge is 0.407 e. The number of methoxy groups -OCH3 is 1. The Hall–Kier alpha value is -0.780. The summed E-state index contributed by atoms with van der Waals surface area (Å²) in [5.74, 6) is 0.126. The minimum Gasteiger partial charge on any atom is -0.453 e. The van der Waals surface area contributed by atoms with Gasteiger partial charge in [0.05, 0.1) is 13.2 Å². The Labute approximate surface area is 97.3 Å². The van der Waals surface area contributed by atoms with Gasteiger partial charge < -0.3 is 15.0 Å². The molecule has 1 saturated heterocycles. The maximum Gasteiger partial charge on any atom is 0.407 e. The van der Waals surface area contributed by atoms with Crippen molar-refractivity contribution in [1.82, 2.24) is 10.2 Å². The van der Waals surface area contributed by atoms with Gasteiger partial charge in [-0.2, -0.15) is 0 Å². The number of nitrogens with one attached hydrogen (secondary N) is 1. The van der Waals surface area contributed by atoms with Gasteiger partial charge in [0.2, 0.25) is 5.91 Å². The summed E-state index contributed by atoms with van der Waals surface area (Å²) < 4.78 is 4.49. The highest BCUT2D eigenvalue weighted by Crippen LogP contribution is 2.11. The van der Waals surface area contributed by atoms with E-state index >= 15 is 0 Å². The number of halogens is 1. The summed E-state index contributed by atoms with van der Waals surface area (Å²) in [5, 5.41) is 3.37. The van der Waals surface area contributed by atoms with E-state index in [0.29, 0.717) is 24.8 Å². The second kappa shape index (κ2) is 5.95. The van der Waals surface area contributed by atoms with Crippen molar-refractivity contribution in [2.45, 2.75) is 18.9 Å². The summed E-state index contributed by atoms with van der Waals surface area (Å²) in [7, 11) is 1.33. The van der Waals surface area contributed by atoms with Gasteiger partial charge in [0.25, 0.3) is 0 Å². The average molecular weight is 279 g/mol. The number of ether oxygens (including phenoxy) is 1. The van der Waals surface area contributed by atoms with Gasteiger partial charge in [0.15, 0.2) is 0 Å². The van der Waals surface area contributed by atoms with E-state index in [1.165, 1.54) is 7.11 Å². The van der Waals surface area contributed by atoms with Crippen molar-refractivity contribution < 1.29 is 14.3 Å². The van der Waals surface area contributed by atoms with E-state index in [-0.39, 0.29) is 11.9 Å². The molecule has 1 heterocycles. The first-order valence-electron chi connectivity index (χ1n) is 4.85. The fourth-order valence-electron chi connectivity index (χ4n) is 1.57. The number of carbonyl (C=O) groups is 2. The number of likely N-dealkylation sites (tertiary alicyclic amines) is 1. The summed E-state index contributed by atoms with van der Waals surface area (Å²) in [6, 6.07) is 0.0247. The van der Waals surface area contributed by atoms with Crippen LogP contribution in [0.1, 0.15) is 12.8 Å². The Kier molecular flexibility index (Phi) is 4.87. The predicted molar refractivity (Wildman–Crippen MR) is 58.9 cm³/mol. The summed E-state index contributed by atoms with van der Waals surface area (Å²) in [4.78, 5) is 24.2. The number of alkyl halides is 1. The van der Waals surface area contributed by atoms with Crippen LogP contribution in [0.2, 0.25) is 0 Å². The molecule has 1 fully saturated rings. The number of rotatable bonds is 3. The van der Waals surface area contributed by atoms with Crippen LogP contribution in [0.5, 0.6) is 0 Å². The molecule has 0 saturated carbocycles. The van der Waals surface area contributed by atoms with Gasteiger partial charge >= 0.3 is 6.09 Å². The second-order valence-corrected chi connectivity index (χ2v) is 4.19. The molecule has 1 atom stereocenters. The zero-order valence-electron chi connectivity index (χ0n) is 8.66. The van der Waals surface area contributed by atoms with Crippen LogP contribution >= 0.6 is 15.9 Å². The van der Waals surface area contributed by atoms with E-state index in [2.05, 4.69) is 26.0 Å². The average Bonchev–Trinajstić information content (AvgIpc) is 2.66. The van der Waals surface area contributed by atoms with Gasteiger partial charge in [-0.05, 0) is 6.42 Å². The molecule has 1 aliphatic rings. The number of amides is 2. The topological polar surface area (TPSA) is 58.6 Å². The van der Waals surface area contributed by atoms with Crippen molar-refractivity contribution in [3.8, 4) is 0 Å². The highest BCUT2D eigenvalue weighted by atomic mass is 79.9. The summed E-state index contributed by atoms with van der Waals surface area (Å²) in [6.07, 6.45) is 0.864. The molecule has 0 aromatic carbocycles. The van der Waals surface area contributed by atoms with Crippen LogP contribution in [0.15, 0.2) is 0 Å². The molecule has 0 aromatic rings. The van der Waals surface area contributed by atoms with Crippen molar-refractivity contribution in [2.24, 2.45) is 0 Å². The molecule has 6 heteroatoms. The number of alkyl carbamates (subject to hydrolysis) is 1. The van der Waals surface area contributed by atoms with Crippen LogP contribution in [0, 0.1) is 0 Å². The molecule has 1 N–H and O–H groups in total. The van der Waals surface area contributed by atoms with Crippen LogP contribution in [0.25, 0.3) is 0 Å². The molecule has 0 bridgehead atoms. The minimum absolute atomic E-state index is 0.0247. The molecule has 0 spiro atoms. The van der Waals surface area contributed by atoms with Crippen molar-refractivity contribution in [3.05, 3.63) is 0 Å². The molecule has 0 radical (unpaired) electrons. The van der Waals surface area contributed by atoms with Gasteiger partial charge in [0, 0.05) is 24.8 Å². The molecular formula is C9H15BrN2O3. The zero-order chi connectivity index (χ0) is 11.3. The lowest BCUT2D eigenvalue weighted by molar-refractivity contribution is -0.129. The third kappa shape index (κ3) is 3.70. The van der Waals surface area contributed by atoms with Crippen molar-refractivity contribution in [1.29, 1.82) is 0 Å². The third-order valence-electron chi connectivity index (χ3n) is 2.36. The molecule has 86 valence electrons. The van der Waals surface area contributed by atoms with E-state index in [1.807, 2.05) is 0 Å². The highest BCUT2D eigenvalue weighted by Gasteiger charge is 2.26. The first-order chi connectivity index (χ1) is 7.17. The summed E-state index contributed by atoms with van der Waals surface area (Å²) in [6.45, 7) is 1.29. The lowest BCUT2D eigenvalue weighted by atomic mass is 10.3. The Balaban J connectivity index is 2.32. The van der Waals surface area contributed by atoms with Crippen LogP contribution in [0.4, 0.5) is 4.79 Å². The Morgan fingerprint density at radius 2 is 2.33 bits per heavy atom. The van der Waals surface area contributed by atoms with E-state index in [9.17, 15) is 9.59 Å². The zero-order valence-corrected chi connectivity index (χ0v) is 10.2. The van der Waals surface area contributed by atoms with Crippen molar-refractivity contribution in [2.75, 3.05) is 25.5 Å². The standard InChI is InChI=1S/C9H15BrN2O3/c1-15-9(14)11-7-3-5-12(6-7)8(13)2-4-10/h7H,2-6H2,1H3,(H,11,14). The number of hydrogen-bond donors (Lipinski definition) is 1. The monoisotopic (exact) mass is 278 g/mol. The van der Waals surface area contributed by atoms with Crippen LogP contribution in [-0.2, 0) is 9.53 Å². The van der Waals surface area contributed by atoms with E-state index in [4.69, 9.17) is 0 Å². The molecule has 1 rings (SSSR count). The van der Waals surface area contributed by atoms with Gasteiger partial charge in [-0.15, -0.1) is 0 Å². The van der Waals surface area contributed by atoms with Crippen molar-refractivity contribution >= 4 is 27.9 Å². The van der Waals surface area contributed by atoms with Gasteiger partial charge in [-0.3, -0.25) is 4.79 Å². The van der Waals surface area contributed by atoms with E-state index in [0.717, 1.165) is 6.42 Å². The quantitative estimate of drug-likeness (QED) is 0.775. The van der Waals surface area contributed by atoms with E-state index < -0.39 is 6.09 Å². The Morgan fingerprint density at radius 3 is 2.93 bits per heavy atom. The van der Waals surface area contributed by atoms with Gasteiger partial charge in [-0.1, -0.05) is 15.9 Å². The summed E-state index contributed by atoms with van der Waals surface area (Å²) >= 11 is 3.23. The lowest BCUT2D eigenvalue weighted by Crippen LogP contribution is -2.38. The van der Waals surface area contributed by atoms with E-state index in [1.54, 1.807) is 4.90 Å². The molecule has 2 amide bonds. The van der Waals surface area contributed by atoms with Gasteiger partial charge in [-0.25, -0.2) is 4.79 Å². The van der Waals surface area contributed by atoms with Crippen LogP contribution < -0.4 is 5.32 Å². The number of hydrogen-bond acceptors (Lipinski definition) is 3. The third-order valence-corrected chi connectivity index (χ3v) is 2.75. The first-order valence-corrected chi connectivity index (χ1v) is 5.97. The molecule has 0 aliphatic carbocycles. The lowest BCUT2D eigenvalue weighted by Gasteiger charge is -2.16. The predicted octanol–water partition coefficient (Wildman–Crippen LogP) is 0.728. The van der Waals surface area contributed by atoms with Crippen LogP contribution in [-0.4, -0.2) is 48.5 Å². The van der Waals surface area contributed by atoms with Crippen molar-refractivity contribution in [3.63, 3.8) is 0 Å². The number of nitrogens with zero attached hydrogens (tertiary/aromatic N) is 1. The Bertz CT molecular complexity index is 248. The maximum atomic E-state index is 11.5. The van der Waals surface area contributed by atoms with Crippen LogP contribution in [0.3, 0.4) is 0 Å². The Morgan fingerprint density at radius 1 is 1.60 bits per heavy atom. The molecule has 1 aliphatic heterocycles. The fraction of sp³-hybridized carbons (Fsp3) is 0.778. The summed E-state index contributed by atoms with van der Waals surface area (Å²) in [5.41, 5.74) is 0.